The van der Waals surface area contributed by atoms with Crippen molar-refractivity contribution in [2.45, 2.75) is 13.0 Å². The average Bonchev–Trinajstić information content (AvgIpc) is 2.17. The second-order valence-electron chi connectivity index (χ2n) is 2.65. The molecule has 0 radical (unpaired) electrons. The van der Waals surface area contributed by atoms with E-state index in [9.17, 15) is 4.91 Å². The molecule has 2 heteroatoms. The van der Waals surface area contributed by atoms with Crippen LogP contribution in [0.25, 0.3) is 6.08 Å². The molecule has 0 saturated carbocycles. The van der Waals surface area contributed by atoms with Crippen LogP contribution in [0.1, 0.15) is 24.1 Å². The molecule has 0 aliphatic carbocycles. The van der Waals surface area contributed by atoms with Gasteiger partial charge in [-0.1, -0.05) is 42.1 Å². The van der Waals surface area contributed by atoms with Gasteiger partial charge in [-0.05, 0) is 18.1 Å². The third-order valence-electron chi connectivity index (χ3n) is 1.81. The van der Waals surface area contributed by atoms with Gasteiger partial charge < -0.3 is 0 Å². The van der Waals surface area contributed by atoms with Crippen molar-refractivity contribution in [3.05, 3.63) is 46.9 Å². The zero-order valence-corrected chi connectivity index (χ0v) is 7.03. The zero-order chi connectivity index (χ0) is 8.97. The Morgan fingerprint density at radius 1 is 1.42 bits per heavy atom. The molecule has 1 aromatic carbocycles. The quantitative estimate of drug-likeness (QED) is 0.626. The Kier molecular flexibility index (Phi) is 2.75. The normalized spacial score (nSPS) is 12.1. The second kappa shape index (κ2) is 3.81. The highest BCUT2D eigenvalue weighted by molar-refractivity contribution is 5.47. The molecule has 0 heterocycles. The standard InChI is InChI=1S/C10H11NO/c1-3-9-4-6-10(7-5-9)8(2)11-12/h3-8H,1H2,2H3. The summed E-state index contributed by atoms with van der Waals surface area (Å²) >= 11 is 0. The van der Waals surface area contributed by atoms with Crippen molar-refractivity contribution < 1.29 is 0 Å². The lowest BCUT2D eigenvalue weighted by atomic mass is 10.1. The molecular formula is C10H11NO. The van der Waals surface area contributed by atoms with Crippen LogP contribution >= 0.6 is 0 Å². The molecule has 0 aromatic heterocycles. The van der Waals surface area contributed by atoms with Gasteiger partial charge in [0.2, 0.25) is 0 Å². The maximum absolute atomic E-state index is 10.2. The maximum atomic E-state index is 10.2. The first-order valence-corrected chi connectivity index (χ1v) is 3.83. The van der Waals surface area contributed by atoms with Gasteiger partial charge in [0.15, 0.2) is 0 Å². The number of nitroso groups, excluding NO2 is 1. The van der Waals surface area contributed by atoms with Crippen LogP contribution in [0.4, 0.5) is 0 Å². The number of benzene rings is 1. The fourth-order valence-corrected chi connectivity index (χ4v) is 0.971. The molecule has 0 amide bonds. The van der Waals surface area contributed by atoms with Crippen molar-refractivity contribution in [3.63, 3.8) is 0 Å². The van der Waals surface area contributed by atoms with Crippen molar-refractivity contribution >= 4 is 6.08 Å². The summed E-state index contributed by atoms with van der Waals surface area (Å²) in [5.74, 6) is 0. The van der Waals surface area contributed by atoms with Crippen LogP contribution in [-0.4, -0.2) is 0 Å². The molecule has 0 fully saturated rings. The van der Waals surface area contributed by atoms with Gasteiger partial charge >= 0.3 is 0 Å². The summed E-state index contributed by atoms with van der Waals surface area (Å²) in [5, 5.41) is 2.94. The lowest BCUT2D eigenvalue weighted by Crippen LogP contribution is -1.87. The van der Waals surface area contributed by atoms with E-state index >= 15 is 0 Å². The average molecular weight is 161 g/mol. The topological polar surface area (TPSA) is 29.4 Å². The molecule has 0 aliphatic rings. The van der Waals surface area contributed by atoms with Gasteiger partial charge in [0, 0.05) is 0 Å². The minimum absolute atomic E-state index is 0.260. The number of hydrogen-bond donors (Lipinski definition) is 0. The minimum Gasteiger partial charge on any atom is -0.150 e. The van der Waals surface area contributed by atoms with Crippen molar-refractivity contribution in [3.8, 4) is 0 Å². The summed E-state index contributed by atoms with van der Waals surface area (Å²) < 4.78 is 0. The fourth-order valence-electron chi connectivity index (χ4n) is 0.971. The monoisotopic (exact) mass is 161 g/mol. The summed E-state index contributed by atoms with van der Waals surface area (Å²) in [5.41, 5.74) is 1.99. The summed E-state index contributed by atoms with van der Waals surface area (Å²) in [7, 11) is 0. The molecule has 0 spiro atoms. The van der Waals surface area contributed by atoms with E-state index in [0.29, 0.717) is 0 Å². The smallest absolute Gasteiger partial charge is 0.114 e. The van der Waals surface area contributed by atoms with E-state index in [4.69, 9.17) is 0 Å². The van der Waals surface area contributed by atoms with Crippen LogP contribution in [0.5, 0.6) is 0 Å². The Hall–Kier alpha value is -1.44. The van der Waals surface area contributed by atoms with Gasteiger partial charge in [-0.25, -0.2) is 0 Å². The van der Waals surface area contributed by atoms with Gasteiger partial charge in [0.1, 0.15) is 6.04 Å². The second-order valence-corrected chi connectivity index (χ2v) is 2.65. The van der Waals surface area contributed by atoms with E-state index < -0.39 is 0 Å². The highest BCUT2D eigenvalue weighted by Gasteiger charge is 2.02. The van der Waals surface area contributed by atoms with Gasteiger partial charge in [-0.15, -0.1) is 0 Å². The van der Waals surface area contributed by atoms with Crippen LogP contribution in [0.3, 0.4) is 0 Å². The Labute approximate surface area is 71.9 Å². The summed E-state index contributed by atoms with van der Waals surface area (Å²) in [6.07, 6.45) is 1.77. The van der Waals surface area contributed by atoms with E-state index in [1.807, 2.05) is 24.3 Å². The molecule has 1 rings (SSSR count). The van der Waals surface area contributed by atoms with E-state index in [2.05, 4.69) is 11.8 Å². The van der Waals surface area contributed by atoms with E-state index in [1.54, 1.807) is 13.0 Å². The van der Waals surface area contributed by atoms with E-state index in [0.717, 1.165) is 11.1 Å². The molecule has 0 aliphatic heterocycles. The molecule has 1 unspecified atom stereocenters. The maximum Gasteiger partial charge on any atom is 0.114 e. The molecule has 2 nitrogen and oxygen atoms in total. The predicted octanol–water partition coefficient (Wildman–Crippen LogP) is 3.16. The summed E-state index contributed by atoms with van der Waals surface area (Å²) in [6, 6.07) is 7.36. The van der Waals surface area contributed by atoms with Crippen LogP contribution in [0.15, 0.2) is 36.0 Å². The van der Waals surface area contributed by atoms with E-state index in [1.165, 1.54) is 0 Å². The van der Waals surface area contributed by atoms with E-state index in [-0.39, 0.29) is 6.04 Å². The number of rotatable bonds is 3. The van der Waals surface area contributed by atoms with Crippen LogP contribution in [-0.2, 0) is 0 Å². The SMILES string of the molecule is C=Cc1ccc(C(C)N=O)cc1. The van der Waals surface area contributed by atoms with Crippen LogP contribution in [0.2, 0.25) is 0 Å². The summed E-state index contributed by atoms with van der Waals surface area (Å²) in [4.78, 5) is 10.2. The molecular weight excluding hydrogens is 150 g/mol. The third kappa shape index (κ3) is 1.78. The first kappa shape index (κ1) is 8.65. The zero-order valence-electron chi connectivity index (χ0n) is 7.03. The van der Waals surface area contributed by atoms with Crippen LogP contribution < -0.4 is 0 Å². The molecule has 1 atom stereocenters. The highest BCUT2D eigenvalue weighted by Crippen LogP contribution is 2.16. The molecule has 1 aromatic rings. The van der Waals surface area contributed by atoms with Crippen molar-refractivity contribution in [1.29, 1.82) is 0 Å². The highest BCUT2D eigenvalue weighted by atomic mass is 16.3. The number of nitrogens with zero attached hydrogens (tertiary/aromatic N) is 1. The Morgan fingerprint density at radius 2 is 2.00 bits per heavy atom. The van der Waals surface area contributed by atoms with Crippen LogP contribution in [0, 0.1) is 4.91 Å². The minimum atomic E-state index is -0.260. The summed E-state index contributed by atoms with van der Waals surface area (Å²) in [6.45, 7) is 5.41. The Morgan fingerprint density at radius 3 is 2.42 bits per heavy atom. The predicted molar refractivity (Wildman–Crippen MR) is 50.7 cm³/mol. The first-order chi connectivity index (χ1) is 5.77. The Balaban J connectivity index is 2.91. The molecule has 62 valence electrons. The molecule has 0 bridgehead atoms. The van der Waals surface area contributed by atoms with Gasteiger partial charge in [-0.2, -0.15) is 4.91 Å². The lowest BCUT2D eigenvalue weighted by molar-refractivity contribution is 0.811. The van der Waals surface area contributed by atoms with Crippen molar-refractivity contribution in [1.82, 2.24) is 0 Å². The fraction of sp³-hybridized carbons (Fsp3) is 0.200. The Bertz CT molecular complexity index is 276. The van der Waals surface area contributed by atoms with Gasteiger partial charge in [0.05, 0.1) is 0 Å². The van der Waals surface area contributed by atoms with Crippen molar-refractivity contribution in [2.75, 3.05) is 0 Å². The first-order valence-electron chi connectivity index (χ1n) is 3.83. The molecule has 0 saturated heterocycles. The largest absolute Gasteiger partial charge is 0.150 e. The lowest BCUT2D eigenvalue weighted by Gasteiger charge is -2.01. The number of hydrogen-bond acceptors (Lipinski definition) is 2. The van der Waals surface area contributed by atoms with Gasteiger partial charge in [-0.3, -0.25) is 0 Å². The van der Waals surface area contributed by atoms with Gasteiger partial charge in [0.25, 0.3) is 0 Å². The molecule has 0 N–H and O–H groups in total. The third-order valence-corrected chi connectivity index (χ3v) is 1.81. The van der Waals surface area contributed by atoms with Crippen molar-refractivity contribution in [2.24, 2.45) is 5.18 Å². The molecule has 12 heavy (non-hydrogen) atoms.